The second-order valence-corrected chi connectivity index (χ2v) is 14.7. The van der Waals surface area contributed by atoms with Crippen molar-refractivity contribution in [3.05, 3.63) is 46.6 Å². The van der Waals surface area contributed by atoms with E-state index in [1.807, 2.05) is 44.0 Å². The molecule has 4 N–H and O–H groups in total. The van der Waals surface area contributed by atoms with E-state index in [0.29, 0.717) is 66.7 Å². The van der Waals surface area contributed by atoms with E-state index in [9.17, 15) is 27.9 Å². The van der Waals surface area contributed by atoms with E-state index in [4.69, 9.17) is 10.5 Å². The fourth-order valence-electron chi connectivity index (χ4n) is 7.27. The summed E-state index contributed by atoms with van der Waals surface area (Å²) in [5.41, 5.74) is 8.42. The molecule has 2 saturated heterocycles. The van der Waals surface area contributed by atoms with Gasteiger partial charge in [-0.15, -0.1) is 0 Å². The number of aromatic nitrogens is 1. The number of methoxy groups -OCH3 is 1. The summed E-state index contributed by atoms with van der Waals surface area (Å²) in [4.78, 5) is 45.2. The lowest BCUT2D eigenvalue weighted by Gasteiger charge is -2.37. The predicted octanol–water partition coefficient (Wildman–Crippen LogP) is 3.27. The summed E-state index contributed by atoms with van der Waals surface area (Å²) in [6, 6.07) is 7.18. The minimum absolute atomic E-state index is 0.0160. The number of hydrogen-bond acceptors (Lipinski definition) is 8. The van der Waals surface area contributed by atoms with Crippen molar-refractivity contribution in [2.24, 2.45) is 12.8 Å². The number of piperazine rings is 1. The molecule has 1 unspecified atom stereocenters. The van der Waals surface area contributed by atoms with E-state index in [2.05, 4.69) is 14.5 Å². The number of amides is 2. The van der Waals surface area contributed by atoms with Gasteiger partial charge in [-0.05, 0) is 56.0 Å². The number of carboxylic acids is 1. The van der Waals surface area contributed by atoms with Crippen molar-refractivity contribution in [2.45, 2.75) is 51.6 Å². The van der Waals surface area contributed by atoms with Gasteiger partial charge in [0.1, 0.15) is 5.69 Å². The highest BCUT2D eigenvalue weighted by atomic mass is 32.2. The number of primary amides is 1. The molecule has 5 rings (SSSR count). The molecule has 13 nitrogen and oxygen atoms in total. The first-order valence-corrected chi connectivity index (χ1v) is 18.1. The Kier molecular flexibility index (Phi) is 10.1. The summed E-state index contributed by atoms with van der Waals surface area (Å²) >= 11 is 0. The second-order valence-electron chi connectivity index (χ2n) is 13.0. The van der Waals surface area contributed by atoms with Crippen molar-refractivity contribution >= 4 is 44.4 Å². The zero-order valence-electron chi connectivity index (χ0n) is 28.5. The lowest BCUT2D eigenvalue weighted by Crippen LogP contribution is -2.52. The Morgan fingerprint density at radius 1 is 1.10 bits per heavy atom. The highest BCUT2D eigenvalue weighted by Gasteiger charge is 2.35. The number of carbonyl (C=O) groups is 3. The summed E-state index contributed by atoms with van der Waals surface area (Å²) in [5.74, 6) is -2.13. The molecule has 0 spiro atoms. The van der Waals surface area contributed by atoms with Crippen LogP contribution in [0, 0.1) is 0 Å². The van der Waals surface area contributed by atoms with Crippen LogP contribution in [0.4, 0.5) is 5.69 Å². The highest BCUT2D eigenvalue weighted by Crippen LogP contribution is 2.49. The maximum absolute atomic E-state index is 13.2. The Labute approximate surface area is 281 Å². The standard InChI is InChI=1S/C34H46N6O7S/c1-7-20(2)23-18-24(32(35)41)31(47-5)28(36-48(6,45)46)26(23)27-22-11-8-10-21(29(22)38(4)30(27)34(43)44)19-39-14-16-40(17-15-39)33(42)25-12-9-13-37(25)3/h8,10-11,18,20,25,36H,7,9,12-17,19H2,1-6H3,(H2,35,41)(H,43,44)/t20?,25-/m0/s1. The van der Waals surface area contributed by atoms with Crippen LogP contribution in [0.2, 0.25) is 0 Å². The highest BCUT2D eigenvalue weighted by molar-refractivity contribution is 7.92. The molecule has 2 fully saturated rings. The predicted molar refractivity (Wildman–Crippen MR) is 185 cm³/mol. The van der Waals surface area contributed by atoms with Gasteiger partial charge in [0, 0.05) is 56.3 Å². The number of nitrogens with one attached hydrogen (secondary N) is 1. The number of fused-ring (bicyclic) bond motifs is 1. The Hall–Kier alpha value is -4.14. The Morgan fingerprint density at radius 2 is 1.79 bits per heavy atom. The number of para-hydroxylation sites is 1. The number of carboxylic acid groups (broad SMARTS) is 1. The summed E-state index contributed by atoms with van der Waals surface area (Å²) in [6.07, 6.45) is 3.51. The third-order valence-electron chi connectivity index (χ3n) is 9.84. The van der Waals surface area contributed by atoms with Crippen LogP contribution in [0.25, 0.3) is 22.0 Å². The lowest BCUT2D eigenvalue weighted by atomic mass is 9.85. The first-order valence-electron chi connectivity index (χ1n) is 16.3. The summed E-state index contributed by atoms with van der Waals surface area (Å²) in [6.45, 7) is 7.91. The summed E-state index contributed by atoms with van der Waals surface area (Å²) in [5, 5.41) is 11.3. The second kappa shape index (κ2) is 13.8. The van der Waals surface area contributed by atoms with E-state index in [-0.39, 0.29) is 40.6 Å². The SMILES string of the molecule is CCC(C)c1cc(C(N)=O)c(OC)c(NS(C)(=O)=O)c1-c1c(C(=O)O)n(C)c2c(CN3CCN(C(=O)[C@@H]4CCCN4C)CC3)cccc12. The van der Waals surface area contributed by atoms with E-state index < -0.39 is 21.9 Å². The molecule has 2 amide bonds. The monoisotopic (exact) mass is 682 g/mol. The molecule has 0 aliphatic carbocycles. The van der Waals surface area contributed by atoms with Crippen LogP contribution in [-0.4, -0.2) is 110 Å². The zero-order valence-corrected chi connectivity index (χ0v) is 29.3. The minimum Gasteiger partial charge on any atom is -0.494 e. The van der Waals surface area contributed by atoms with Crippen LogP contribution in [0.3, 0.4) is 0 Å². The number of sulfonamides is 1. The maximum atomic E-state index is 13.2. The number of benzene rings is 2. The van der Waals surface area contributed by atoms with Gasteiger partial charge in [-0.1, -0.05) is 32.0 Å². The molecule has 0 bridgehead atoms. The fourth-order valence-corrected chi connectivity index (χ4v) is 7.83. The molecule has 0 saturated carbocycles. The molecule has 1 aromatic heterocycles. The summed E-state index contributed by atoms with van der Waals surface area (Å²) < 4.78 is 35.3. The number of rotatable bonds is 11. The Morgan fingerprint density at radius 3 is 2.33 bits per heavy atom. The van der Waals surface area contributed by atoms with Crippen LogP contribution < -0.4 is 15.2 Å². The zero-order chi connectivity index (χ0) is 35.1. The van der Waals surface area contributed by atoms with Crippen LogP contribution in [0.15, 0.2) is 24.3 Å². The average molecular weight is 683 g/mol. The fraction of sp³-hybridized carbons (Fsp3) is 0.500. The van der Waals surface area contributed by atoms with Crippen molar-refractivity contribution < 1.29 is 32.6 Å². The molecule has 2 aromatic carbocycles. The molecule has 260 valence electrons. The normalized spacial score (nSPS) is 18.3. The number of nitrogens with zero attached hydrogens (tertiary/aromatic N) is 4. The van der Waals surface area contributed by atoms with Crippen molar-refractivity contribution in [3.63, 3.8) is 0 Å². The van der Waals surface area contributed by atoms with Gasteiger partial charge in [-0.2, -0.15) is 0 Å². The number of nitrogens with two attached hydrogens (primary N) is 1. The van der Waals surface area contributed by atoms with E-state index >= 15 is 0 Å². The van der Waals surface area contributed by atoms with Gasteiger partial charge in [-0.3, -0.25) is 24.1 Å². The smallest absolute Gasteiger partial charge is 0.353 e. The van der Waals surface area contributed by atoms with Crippen molar-refractivity contribution in [1.29, 1.82) is 0 Å². The number of hydrogen-bond donors (Lipinski definition) is 3. The number of likely N-dealkylation sites (N-methyl/N-ethyl adjacent to an activating group) is 1. The number of ether oxygens (including phenoxy) is 1. The Balaban J connectivity index is 1.65. The lowest BCUT2D eigenvalue weighted by molar-refractivity contribution is -0.137. The van der Waals surface area contributed by atoms with Gasteiger partial charge in [0.25, 0.3) is 5.91 Å². The van der Waals surface area contributed by atoms with Gasteiger partial charge < -0.3 is 25.0 Å². The van der Waals surface area contributed by atoms with Crippen LogP contribution in [0.5, 0.6) is 5.75 Å². The third kappa shape index (κ3) is 6.61. The van der Waals surface area contributed by atoms with Crippen molar-refractivity contribution in [2.75, 3.05) is 57.9 Å². The van der Waals surface area contributed by atoms with Crippen molar-refractivity contribution in [3.8, 4) is 16.9 Å². The first-order chi connectivity index (χ1) is 22.7. The Bertz CT molecular complexity index is 1860. The molecule has 2 atom stereocenters. The average Bonchev–Trinajstić information content (AvgIpc) is 3.60. The van der Waals surface area contributed by atoms with Gasteiger partial charge in [0.05, 0.1) is 36.2 Å². The first kappa shape index (κ1) is 35.2. The van der Waals surface area contributed by atoms with Crippen molar-refractivity contribution in [1.82, 2.24) is 19.3 Å². The molecule has 2 aliphatic rings. The van der Waals surface area contributed by atoms with Gasteiger partial charge in [0.2, 0.25) is 15.9 Å². The quantitative estimate of drug-likeness (QED) is 0.275. The largest absolute Gasteiger partial charge is 0.494 e. The number of likely N-dealkylation sites (tertiary alicyclic amines) is 1. The molecule has 0 radical (unpaired) electrons. The van der Waals surface area contributed by atoms with E-state index in [1.54, 1.807) is 17.7 Å². The number of carbonyl (C=O) groups excluding carboxylic acids is 2. The number of aromatic carboxylic acids is 1. The molecule has 3 heterocycles. The van der Waals surface area contributed by atoms with Crippen LogP contribution >= 0.6 is 0 Å². The van der Waals surface area contributed by atoms with Gasteiger partial charge in [-0.25, -0.2) is 13.2 Å². The molecule has 2 aliphatic heterocycles. The molecule has 48 heavy (non-hydrogen) atoms. The van der Waals surface area contributed by atoms with E-state index in [0.717, 1.165) is 31.2 Å². The third-order valence-corrected chi connectivity index (χ3v) is 10.4. The van der Waals surface area contributed by atoms with Gasteiger partial charge in [0.15, 0.2) is 5.75 Å². The number of aryl methyl sites for hydroxylation is 1. The number of anilines is 1. The summed E-state index contributed by atoms with van der Waals surface area (Å²) in [7, 11) is 1.06. The van der Waals surface area contributed by atoms with Gasteiger partial charge >= 0.3 is 5.97 Å². The molecular formula is C34H46N6O7S. The van der Waals surface area contributed by atoms with Crippen LogP contribution in [-0.2, 0) is 28.4 Å². The van der Waals surface area contributed by atoms with Crippen LogP contribution in [0.1, 0.15) is 71.0 Å². The molecule has 14 heteroatoms. The molecular weight excluding hydrogens is 636 g/mol. The minimum atomic E-state index is -3.93. The topological polar surface area (TPSA) is 168 Å². The van der Waals surface area contributed by atoms with E-state index in [1.165, 1.54) is 7.11 Å². The molecule has 3 aromatic rings. The maximum Gasteiger partial charge on any atom is 0.353 e.